The van der Waals surface area contributed by atoms with Gasteiger partial charge in [-0.1, -0.05) is 53.4 Å². The van der Waals surface area contributed by atoms with E-state index in [2.05, 4.69) is 33.4 Å². The van der Waals surface area contributed by atoms with Crippen LogP contribution in [-0.4, -0.2) is 12.1 Å². The number of halogens is 1. The van der Waals surface area contributed by atoms with Crippen molar-refractivity contribution in [2.45, 2.75) is 38.2 Å². The van der Waals surface area contributed by atoms with E-state index in [-0.39, 0.29) is 6.10 Å². The van der Waals surface area contributed by atoms with Gasteiger partial charge in [0.15, 0.2) is 0 Å². The third-order valence-electron chi connectivity index (χ3n) is 4.25. The van der Waals surface area contributed by atoms with E-state index in [1.807, 2.05) is 19.2 Å². The minimum atomic E-state index is 0.159. The lowest BCUT2D eigenvalue weighted by molar-refractivity contribution is 0.0353. The number of nitrogens with zero attached hydrogens (tertiary/aromatic N) is 1. The molecular weight excluding hydrogens is 346 g/mol. The molecule has 3 rings (SSSR count). The lowest BCUT2D eigenvalue weighted by Gasteiger charge is -2.27. The summed E-state index contributed by atoms with van der Waals surface area (Å²) in [6.07, 6.45) is 6.71. The fourth-order valence-corrected chi connectivity index (χ4v) is 4.62. The number of ether oxygens (including phenoxy) is 1. The van der Waals surface area contributed by atoms with Gasteiger partial charge in [-0.15, -0.1) is 11.3 Å². The molecule has 0 aliphatic heterocycles. The lowest BCUT2D eigenvalue weighted by Crippen LogP contribution is -2.17. The van der Waals surface area contributed by atoms with Gasteiger partial charge in [0.2, 0.25) is 0 Å². The van der Waals surface area contributed by atoms with E-state index >= 15 is 0 Å². The Balaban J connectivity index is 1.84. The number of benzene rings is 1. The summed E-state index contributed by atoms with van der Waals surface area (Å²) in [4.78, 5) is 4.85. The molecule has 1 aromatic heterocycles. The molecule has 1 fully saturated rings. The van der Waals surface area contributed by atoms with Gasteiger partial charge in [-0.2, -0.15) is 0 Å². The van der Waals surface area contributed by atoms with Crippen molar-refractivity contribution < 1.29 is 4.74 Å². The van der Waals surface area contributed by atoms with E-state index in [0.717, 1.165) is 20.7 Å². The van der Waals surface area contributed by atoms with Crippen molar-refractivity contribution in [3.05, 3.63) is 39.1 Å². The maximum absolute atomic E-state index is 5.79. The average molecular weight is 366 g/mol. The molecular formula is C17H20BrNOS. The summed E-state index contributed by atoms with van der Waals surface area (Å²) in [6.45, 7) is 0. The van der Waals surface area contributed by atoms with Crippen molar-refractivity contribution in [2.24, 2.45) is 5.92 Å². The van der Waals surface area contributed by atoms with Crippen LogP contribution in [0.25, 0.3) is 11.3 Å². The maximum atomic E-state index is 5.79. The topological polar surface area (TPSA) is 22.1 Å². The van der Waals surface area contributed by atoms with Gasteiger partial charge in [0, 0.05) is 22.5 Å². The standard InChI is InChI=1S/C17H20BrNOS/c1-20-16(12-7-3-2-4-8-12)17-19-15(11-21-17)13-9-5-6-10-14(13)18/h5-6,9-12,16H,2-4,7-8H2,1H3. The highest BCUT2D eigenvalue weighted by molar-refractivity contribution is 9.10. The largest absolute Gasteiger partial charge is 0.374 e. The van der Waals surface area contributed by atoms with Crippen molar-refractivity contribution in [3.63, 3.8) is 0 Å². The quantitative estimate of drug-likeness (QED) is 0.678. The highest BCUT2D eigenvalue weighted by Gasteiger charge is 2.27. The smallest absolute Gasteiger partial charge is 0.122 e. The van der Waals surface area contributed by atoms with E-state index < -0.39 is 0 Å². The third-order valence-corrected chi connectivity index (χ3v) is 5.84. The van der Waals surface area contributed by atoms with Crippen molar-refractivity contribution in [1.82, 2.24) is 4.98 Å². The summed E-state index contributed by atoms with van der Waals surface area (Å²) in [7, 11) is 1.82. The molecule has 21 heavy (non-hydrogen) atoms. The molecule has 0 saturated heterocycles. The normalized spacial score (nSPS) is 17.8. The molecule has 112 valence electrons. The summed E-state index contributed by atoms with van der Waals surface area (Å²) in [5, 5.41) is 3.26. The van der Waals surface area contributed by atoms with Gasteiger partial charge in [0.1, 0.15) is 11.1 Å². The molecule has 1 aliphatic carbocycles. The van der Waals surface area contributed by atoms with E-state index in [4.69, 9.17) is 9.72 Å². The molecule has 0 amide bonds. The average Bonchev–Trinajstić information content (AvgIpc) is 2.99. The minimum absolute atomic E-state index is 0.159. The summed E-state index contributed by atoms with van der Waals surface area (Å²) < 4.78 is 6.88. The molecule has 4 heteroatoms. The van der Waals surface area contributed by atoms with Crippen LogP contribution in [0.4, 0.5) is 0 Å². The number of methoxy groups -OCH3 is 1. The van der Waals surface area contributed by atoms with Crippen LogP contribution >= 0.6 is 27.3 Å². The zero-order valence-corrected chi connectivity index (χ0v) is 14.6. The van der Waals surface area contributed by atoms with Crippen molar-refractivity contribution in [2.75, 3.05) is 7.11 Å². The Bertz CT molecular complexity index is 592. The summed E-state index contributed by atoms with van der Waals surface area (Å²) in [5.41, 5.74) is 2.19. The lowest BCUT2D eigenvalue weighted by atomic mass is 9.85. The summed E-state index contributed by atoms with van der Waals surface area (Å²) >= 11 is 5.33. The number of hydrogen-bond acceptors (Lipinski definition) is 3. The van der Waals surface area contributed by atoms with Gasteiger partial charge in [0.25, 0.3) is 0 Å². The van der Waals surface area contributed by atoms with Crippen LogP contribution in [0.3, 0.4) is 0 Å². The molecule has 1 unspecified atom stereocenters. The number of aromatic nitrogens is 1. The van der Waals surface area contributed by atoms with E-state index in [1.54, 1.807) is 11.3 Å². The van der Waals surface area contributed by atoms with Gasteiger partial charge in [0.05, 0.1) is 5.69 Å². The summed E-state index contributed by atoms with van der Waals surface area (Å²) in [6, 6.07) is 8.24. The fraction of sp³-hybridized carbons (Fsp3) is 0.471. The summed E-state index contributed by atoms with van der Waals surface area (Å²) in [5.74, 6) is 0.627. The van der Waals surface area contributed by atoms with Gasteiger partial charge in [-0.3, -0.25) is 0 Å². The molecule has 1 atom stereocenters. The van der Waals surface area contributed by atoms with Crippen molar-refractivity contribution >= 4 is 27.3 Å². The Morgan fingerprint density at radius 3 is 2.71 bits per heavy atom. The Morgan fingerprint density at radius 1 is 1.24 bits per heavy atom. The molecule has 0 radical (unpaired) electrons. The Labute approximate surface area is 138 Å². The minimum Gasteiger partial charge on any atom is -0.374 e. The molecule has 2 nitrogen and oxygen atoms in total. The highest BCUT2D eigenvalue weighted by Crippen LogP contribution is 2.39. The molecule has 1 saturated carbocycles. The van der Waals surface area contributed by atoms with Gasteiger partial charge in [-0.25, -0.2) is 4.98 Å². The predicted molar refractivity (Wildman–Crippen MR) is 91.6 cm³/mol. The number of hydrogen-bond donors (Lipinski definition) is 0. The molecule has 0 N–H and O–H groups in total. The van der Waals surface area contributed by atoms with Gasteiger partial charge < -0.3 is 4.74 Å². The predicted octanol–water partition coefficient (Wildman–Crippen LogP) is 5.84. The molecule has 1 aliphatic rings. The Hall–Kier alpha value is -0.710. The molecule has 2 aromatic rings. The molecule has 1 aromatic carbocycles. The fourth-order valence-electron chi connectivity index (χ4n) is 3.14. The third kappa shape index (κ3) is 3.38. The first-order valence-corrected chi connectivity index (χ1v) is 9.20. The van der Waals surface area contributed by atoms with Crippen molar-refractivity contribution in [3.8, 4) is 11.3 Å². The van der Waals surface area contributed by atoms with Crippen LogP contribution in [0.2, 0.25) is 0 Å². The second-order valence-corrected chi connectivity index (χ2v) is 7.35. The first-order chi connectivity index (χ1) is 10.3. The zero-order chi connectivity index (χ0) is 14.7. The Morgan fingerprint density at radius 2 is 2.00 bits per heavy atom. The van der Waals surface area contributed by atoms with Gasteiger partial charge >= 0.3 is 0 Å². The van der Waals surface area contributed by atoms with Gasteiger partial charge in [-0.05, 0) is 24.8 Å². The molecule has 1 heterocycles. The first kappa shape index (κ1) is 15.2. The van der Waals surface area contributed by atoms with Crippen LogP contribution in [0.1, 0.15) is 43.2 Å². The maximum Gasteiger partial charge on any atom is 0.122 e. The SMILES string of the molecule is COC(c1nc(-c2ccccc2Br)cs1)C1CCCCC1. The van der Waals surface area contributed by atoms with E-state index in [1.165, 1.54) is 32.1 Å². The van der Waals surface area contributed by atoms with E-state index in [9.17, 15) is 0 Å². The van der Waals surface area contributed by atoms with Crippen LogP contribution in [0.15, 0.2) is 34.1 Å². The highest BCUT2D eigenvalue weighted by atomic mass is 79.9. The molecule has 0 bridgehead atoms. The van der Waals surface area contributed by atoms with E-state index in [0.29, 0.717) is 5.92 Å². The number of thiazole rings is 1. The van der Waals surface area contributed by atoms with Crippen LogP contribution in [0, 0.1) is 5.92 Å². The van der Waals surface area contributed by atoms with Crippen LogP contribution < -0.4 is 0 Å². The Kier molecular flexibility index (Phi) is 5.09. The zero-order valence-electron chi connectivity index (χ0n) is 12.2. The van der Waals surface area contributed by atoms with Crippen LogP contribution in [0.5, 0.6) is 0 Å². The first-order valence-electron chi connectivity index (χ1n) is 7.52. The number of rotatable bonds is 4. The second-order valence-electron chi connectivity index (χ2n) is 5.61. The molecule has 0 spiro atoms. The van der Waals surface area contributed by atoms with Crippen LogP contribution in [-0.2, 0) is 4.74 Å². The second kappa shape index (κ2) is 7.03. The monoisotopic (exact) mass is 365 g/mol. The van der Waals surface area contributed by atoms with Crippen molar-refractivity contribution in [1.29, 1.82) is 0 Å².